The Labute approximate surface area is 179 Å². The van der Waals surface area contributed by atoms with E-state index in [-0.39, 0.29) is 5.41 Å². The molecule has 156 valence electrons. The average Bonchev–Trinajstić information content (AvgIpc) is 2.68. The molecule has 2 aromatic carbocycles. The van der Waals surface area contributed by atoms with E-state index in [0.717, 1.165) is 30.4 Å². The van der Waals surface area contributed by atoms with E-state index in [4.69, 9.17) is 4.43 Å². The Morgan fingerprint density at radius 3 is 1.86 bits per heavy atom. The fraction of sp³-hybridized carbons (Fsp3) is 0.385. The monoisotopic (exact) mass is 408 g/mol. The number of allylic oxidation sites excluding steroid dienone is 3. The van der Waals surface area contributed by atoms with E-state index < -0.39 is 6.29 Å². The van der Waals surface area contributed by atoms with Crippen LogP contribution in [0.25, 0.3) is 11.1 Å². The molecule has 0 bridgehead atoms. The summed E-state index contributed by atoms with van der Waals surface area (Å²) in [6.45, 7) is 11.2. The van der Waals surface area contributed by atoms with Gasteiger partial charge in [-0.1, -0.05) is 92.6 Å². The van der Waals surface area contributed by atoms with E-state index in [1.807, 2.05) is 30.3 Å². The van der Waals surface area contributed by atoms with Crippen LogP contribution in [0.5, 0.6) is 0 Å². The zero-order valence-electron chi connectivity index (χ0n) is 18.8. The molecule has 0 aliphatic heterocycles. The van der Waals surface area contributed by atoms with E-state index in [1.54, 1.807) is 0 Å². The summed E-state index contributed by atoms with van der Waals surface area (Å²) in [7, 11) is 0.497. The predicted molar refractivity (Wildman–Crippen MR) is 128 cm³/mol. The van der Waals surface area contributed by atoms with Gasteiger partial charge >= 0.3 is 0 Å². The molecular formula is C26H36O2Si. The first-order valence-electron chi connectivity index (χ1n) is 10.4. The second-order valence-electron chi connectivity index (χ2n) is 9.01. The number of benzene rings is 2. The van der Waals surface area contributed by atoms with Gasteiger partial charge in [-0.05, 0) is 55.2 Å². The summed E-state index contributed by atoms with van der Waals surface area (Å²) in [6, 6.07) is 20.8. The normalized spacial score (nSPS) is 15.0. The van der Waals surface area contributed by atoms with Gasteiger partial charge in [0, 0.05) is 5.57 Å². The summed E-state index contributed by atoms with van der Waals surface area (Å²) in [5.41, 5.74) is 7.51. The SMILES string of the molecule is CC(CC(C)(C)C)=C(CCC(C)=C(c1ccccc1)C(O)O[SiH3])c1ccccc1. The molecule has 2 nitrogen and oxygen atoms in total. The van der Waals surface area contributed by atoms with Crippen LogP contribution >= 0.6 is 0 Å². The van der Waals surface area contributed by atoms with Crippen molar-refractivity contribution in [2.75, 3.05) is 0 Å². The molecule has 0 spiro atoms. The second kappa shape index (κ2) is 10.7. The maximum atomic E-state index is 10.5. The molecule has 0 saturated heterocycles. The van der Waals surface area contributed by atoms with Gasteiger partial charge < -0.3 is 9.53 Å². The minimum absolute atomic E-state index is 0.251. The number of aliphatic hydroxyl groups excluding tert-OH is 1. The molecule has 1 atom stereocenters. The summed E-state index contributed by atoms with van der Waals surface area (Å²) in [5.74, 6) is 0. The quantitative estimate of drug-likeness (QED) is 0.444. The lowest BCUT2D eigenvalue weighted by Crippen LogP contribution is -2.14. The van der Waals surface area contributed by atoms with Crippen LogP contribution < -0.4 is 0 Å². The minimum Gasteiger partial charge on any atom is -0.400 e. The molecule has 2 rings (SSSR count). The zero-order valence-corrected chi connectivity index (χ0v) is 20.8. The highest BCUT2D eigenvalue weighted by molar-refractivity contribution is 5.98. The van der Waals surface area contributed by atoms with Gasteiger partial charge in [0.1, 0.15) is 10.5 Å². The molecule has 1 unspecified atom stereocenters. The third-order valence-electron chi connectivity index (χ3n) is 5.20. The molecule has 0 aromatic heterocycles. The fourth-order valence-corrected chi connectivity index (χ4v) is 4.16. The largest absolute Gasteiger partial charge is 0.400 e. The van der Waals surface area contributed by atoms with Gasteiger partial charge in [0.25, 0.3) is 0 Å². The van der Waals surface area contributed by atoms with Crippen LogP contribution in [0.4, 0.5) is 0 Å². The molecule has 0 radical (unpaired) electrons. The first kappa shape index (κ1) is 23.3. The van der Waals surface area contributed by atoms with Gasteiger partial charge in [-0.2, -0.15) is 0 Å². The average molecular weight is 409 g/mol. The zero-order chi connectivity index (χ0) is 21.4. The second-order valence-corrected chi connectivity index (χ2v) is 9.48. The third-order valence-corrected chi connectivity index (χ3v) is 5.64. The van der Waals surface area contributed by atoms with Crippen molar-refractivity contribution in [2.45, 2.75) is 60.2 Å². The molecule has 3 heteroatoms. The molecule has 0 amide bonds. The van der Waals surface area contributed by atoms with Crippen LogP contribution in [0.2, 0.25) is 0 Å². The lowest BCUT2D eigenvalue weighted by atomic mass is 9.83. The van der Waals surface area contributed by atoms with Crippen molar-refractivity contribution in [1.82, 2.24) is 0 Å². The summed E-state index contributed by atoms with van der Waals surface area (Å²) in [5, 5.41) is 10.5. The van der Waals surface area contributed by atoms with Gasteiger partial charge in [0.15, 0.2) is 6.29 Å². The summed E-state index contributed by atoms with van der Waals surface area (Å²) in [6.07, 6.45) is 2.04. The van der Waals surface area contributed by atoms with E-state index in [2.05, 4.69) is 65.0 Å². The highest BCUT2D eigenvalue weighted by Crippen LogP contribution is 2.34. The van der Waals surface area contributed by atoms with Crippen molar-refractivity contribution in [2.24, 2.45) is 5.41 Å². The third kappa shape index (κ3) is 7.11. The van der Waals surface area contributed by atoms with Crippen molar-refractivity contribution in [3.63, 3.8) is 0 Å². The molecule has 1 N–H and O–H groups in total. The van der Waals surface area contributed by atoms with E-state index in [9.17, 15) is 5.11 Å². The summed E-state index contributed by atoms with van der Waals surface area (Å²) >= 11 is 0. The number of hydrogen-bond acceptors (Lipinski definition) is 2. The standard InChI is InChI=1S/C26H36O2Si/c1-19(24(25(27)28-29)22-14-10-7-11-15-22)16-17-23(20(2)18-26(3,4)5)21-12-8-6-9-13-21/h6-15,25,27H,16-18H2,1-5,29H3. The molecule has 0 heterocycles. The minimum atomic E-state index is -0.858. The lowest BCUT2D eigenvalue weighted by molar-refractivity contribution is 0.0406. The number of hydrogen-bond donors (Lipinski definition) is 1. The Morgan fingerprint density at radius 1 is 0.862 bits per heavy atom. The summed E-state index contributed by atoms with van der Waals surface area (Å²) in [4.78, 5) is 0. The molecule has 29 heavy (non-hydrogen) atoms. The predicted octanol–water partition coefficient (Wildman–Crippen LogP) is 5.77. The van der Waals surface area contributed by atoms with Gasteiger partial charge in [-0.3, -0.25) is 0 Å². The van der Waals surface area contributed by atoms with Crippen LogP contribution in [0.1, 0.15) is 65.0 Å². The van der Waals surface area contributed by atoms with Gasteiger partial charge in [0.05, 0.1) is 0 Å². The Kier molecular flexibility index (Phi) is 8.63. The number of aliphatic hydroxyl groups is 1. The maximum Gasteiger partial charge on any atom is 0.171 e. The van der Waals surface area contributed by atoms with Crippen LogP contribution in [0.3, 0.4) is 0 Å². The Hall–Kier alpha value is -1.94. The Bertz CT molecular complexity index is 830. The van der Waals surface area contributed by atoms with E-state index >= 15 is 0 Å². The Morgan fingerprint density at radius 2 is 1.38 bits per heavy atom. The van der Waals surface area contributed by atoms with Gasteiger partial charge in [-0.15, -0.1) is 0 Å². The summed E-state index contributed by atoms with van der Waals surface area (Å²) < 4.78 is 5.42. The van der Waals surface area contributed by atoms with E-state index in [0.29, 0.717) is 10.5 Å². The van der Waals surface area contributed by atoms with Crippen molar-refractivity contribution in [1.29, 1.82) is 0 Å². The first-order valence-corrected chi connectivity index (χ1v) is 11.2. The molecule has 0 aliphatic rings. The van der Waals surface area contributed by atoms with Crippen molar-refractivity contribution in [3.8, 4) is 0 Å². The molecule has 0 fully saturated rings. The smallest absolute Gasteiger partial charge is 0.171 e. The molecular weight excluding hydrogens is 372 g/mol. The van der Waals surface area contributed by atoms with Crippen LogP contribution in [0.15, 0.2) is 71.8 Å². The maximum absolute atomic E-state index is 10.5. The van der Waals surface area contributed by atoms with Crippen LogP contribution in [-0.2, 0) is 4.43 Å². The van der Waals surface area contributed by atoms with Crippen molar-refractivity contribution in [3.05, 3.63) is 82.9 Å². The van der Waals surface area contributed by atoms with Crippen LogP contribution in [-0.4, -0.2) is 21.9 Å². The van der Waals surface area contributed by atoms with Crippen LogP contribution in [0, 0.1) is 5.41 Å². The van der Waals surface area contributed by atoms with Gasteiger partial charge in [0.2, 0.25) is 0 Å². The molecule has 2 aromatic rings. The van der Waals surface area contributed by atoms with E-state index in [1.165, 1.54) is 22.3 Å². The topological polar surface area (TPSA) is 29.5 Å². The lowest BCUT2D eigenvalue weighted by Gasteiger charge is -2.23. The van der Waals surface area contributed by atoms with Crippen molar-refractivity contribution >= 4 is 21.6 Å². The van der Waals surface area contributed by atoms with Crippen molar-refractivity contribution < 1.29 is 9.53 Å². The molecule has 0 aliphatic carbocycles. The highest BCUT2D eigenvalue weighted by atomic mass is 28.2. The first-order chi connectivity index (χ1) is 13.7. The Balaban J connectivity index is 2.38. The highest BCUT2D eigenvalue weighted by Gasteiger charge is 2.18. The fourth-order valence-electron chi connectivity index (χ4n) is 3.93. The number of rotatable bonds is 8. The van der Waals surface area contributed by atoms with Gasteiger partial charge in [-0.25, -0.2) is 0 Å². The molecule has 0 saturated carbocycles.